The van der Waals surface area contributed by atoms with Gasteiger partial charge in [-0.25, -0.2) is 8.42 Å². The molecule has 26 heavy (non-hydrogen) atoms. The van der Waals surface area contributed by atoms with Crippen LogP contribution in [0.2, 0.25) is 0 Å². The molecule has 1 saturated heterocycles. The smallest absolute Gasteiger partial charge is 0.243 e. The normalized spacial score (nSPS) is 18.9. The van der Waals surface area contributed by atoms with E-state index in [1.165, 1.54) is 36.2 Å². The van der Waals surface area contributed by atoms with Crippen LogP contribution < -0.4 is 4.90 Å². The maximum atomic E-state index is 12.8. The predicted octanol–water partition coefficient (Wildman–Crippen LogP) is 2.13. The van der Waals surface area contributed by atoms with Gasteiger partial charge in [-0.15, -0.1) is 10.2 Å². The van der Waals surface area contributed by atoms with Crippen molar-refractivity contribution in [2.45, 2.75) is 30.6 Å². The first-order valence-electron chi connectivity index (χ1n) is 8.64. The van der Waals surface area contributed by atoms with Gasteiger partial charge in [-0.1, -0.05) is 23.5 Å². The van der Waals surface area contributed by atoms with E-state index >= 15 is 0 Å². The minimum absolute atomic E-state index is 0.0785. The van der Waals surface area contributed by atoms with Crippen molar-refractivity contribution in [2.24, 2.45) is 0 Å². The first-order chi connectivity index (χ1) is 12.4. The van der Waals surface area contributed by atoms with Gasteiger partial charge in [0.25, 0.3) is 0 Å². The number of hydrogen-bond donors (Lipinski definition) is 0. The lowest BCUT2D eigenvalue weighted by atomic mass is 10.2. The third-order valence-corrected chi connectivity index (χ3v) is 7.82. The van der Waals surface area contributed by atoms with Crippen molar-refractivity contribution in [2.75, 3.05) is 31.1 Å². The van der Waals surface area contributed by atoms with Gasteiger partial charge in [0.2, 0.25) is 15.2 Å². The summed E-state index contributed by atoms with van der Waals surface area (Å²) in [5.41, 5.74) is 0.511. The van der Waals surface area contributed by atoms with Crippen LogP contribution in [0, 0.1) is 0 Å². The zero-order valence-electron chi connectivity index (χ0n) is 14.5. The quantitative estimate of drug-likeness (QED) is 0.725. The predicted molar refractivity (Wildman–Crippen MR) is 99.3 cm³/mol. The van der Waals surface area contributed by atoms with E-state index in [-0.39, 0.29) is 10.7 Å². The van der Waals surface area contributed by atoms with Crippen molar-refractivity contribution in [1.82, 2.24) is 14.5 Å². The molecule has 0 N–H and O–H groups in total. The molecule has 9 heteroatoms. The average Bonchev–Trinajstić information content (AvgIpc) is 3.39. The highest BCUT2D eigenvalue weighted by Gasteiger charge is 2.31. The fraction of sp³-hybridized carbons (Fsp3) is 0.471. The number of piperazine rings is 1. The van der Waals surface area contributed by atoms with Gasteiger partial charge in [-0.05, 0) is 31.9 Å². The van der Waals surface area contributed by atoms with Gasteiger partial charge in [0, 0.05) is 37.7 Å². The summed E-state index contributed by atoms with van der Waals surface area (Å²) >= 11 is 1.62. The first kappa shape index (κ1) is 17.6. The number of anilines is 1. The van der Waals surface area contributed by atoms with Crippen LogP contribution in [0.25, 0.3) is 0 Å². The number of Topliss-reactive ketones (excluding diaryl/α,β-unsaturated/α-hetero) is 1. The highest BCUT2D eigenvalue weighted by atomic mass is 32.2. The topological polar surface area (TPSA) is 83.5 Å². The summed E-state index contributed by atoms with van der Waals surface area (Å²) in [4.78, 5) is 13.7. The number of nitrogens with zero attached hydrogens (tertiary/aromatic N) is 4. The number of hydrogen-bond acceptors (Lipinski definition) is 7. The lowest BCUT2D eigenvalue weighted by molar-refractivity contribution is 0.101. The zero-order valence-corrected chi connectivity index (χ0v) is 16.1. The molecule has 2 fully saturated rings. The summed E-state index contributed by atoms with van der Waals surface area (Å²) in [6, 6.07) is 6.13. The van der Waals surface area contributed by atoms with Crippen LogP contribution >= 0.6 is 11.3 Å². The van der Waals surface area contributed by atoms with Gasteiger partial charge < -0.3 is 4.90 Å². The van der Waals surface area contributed by atoms with Crippen molar-refractivity contribution < 1.29 is 13.2 Å². The molecule has 1 saturated carbocycles. The monoisotopic (exact) mass is 392 g/mol. The molecule has 4 rings (SSSR count). The van der Waals surface area contributed by atoms with Gasteiger partial charge in [-0.2, -0.15) is 4.31 Å². The second-order valence-electron chi connectivity index (χ2n) is 6.67. The van der Waals surface area contributed by atoms with Crippen LogP contribution in [0.3, 0.4) is 0 Å². The number of sulfonamides is 1. The standard InChI is InChI=1S/C17H20N4O3S2/c1-12(22)13-4-6-15(7-5-13)26(23,24)21-10-8-20(9-11-21)17-19-18-16(25-17)14-2-3-14/h4-7,14H,2-3,8-11H2,1H3. The second-order valence-corrected chi connectivity index (χ2v) is 9.59. The van der Waals surface area contributed by atoms with E-state index in [2.05, 4.69) is 15.1 Å². The molecule has 0 bridgehead atoms. The zero-order chi connectivity index (χ0) is 18.3. The Morgan fingerprint density at radius 3 is 2.31 bits per heavy atom. The summed E-state index contributed by atoms with van der Waals surface area (Å²) in [5.74, 6) is 0.506. The number of rotatable bonds is 5. The van der Waals surface area contributed by atoms with Crippen molar-refractivity contribution in [1.29, 1.82) is 0 Å². The van der Waals surface area contributed by atoms with Crippen LogP contribution in [-0.2, 0) is 10.0 Å². The minimum Gasteiger partial charge on any atom is -0.344 e. The van der Waals surface area contributed by atoms with Gasteiger partial charge in [0.1, 0.15) is 5.01 Å². The number of ketones is 1. The second kappa shape index (κ2) is 6.71. The van der Waals surface area contributed by atoms with E-state index in [0.29, 0.717) is 37.7 Å². The van der Waals surface area contributed by atoms with Gasteiger partial charge in [-0.3, -0.25) is 4.79 Å². The molecule has 1 aliphatic heterocycles. The van der Waals surface area contributed by atoms with Gasteiger partial charge in [0.05, 0.1) is 4.90 Å². The maximum Gasteiger partial charge on any atom is 0.243 e. The average molecular weight is 393 g/mol. The Labute approximate surface area is 156 Å². The van der Waals surface area contributed by atoms with E-state index in [0.717, 1.165) is 10.1 Å². The van der Waals surface area contributed by atoms with Crippen LogP contribution in [0.4, 0.5) is 5.13 Å². The molecule has 0 spiro atoms. The molecule has 138 valence electrons. The summed E-state index contributed by atoms with van der Waals surface area (Å²) in [5, 5.41) is 10.5. The SMILES string of the molecule is CC(=O)c1ccc(S(=O)(=O)N2CCN(c3nnc(C4CC4)s3)CC2)cc1. The van der Waals surface area contributed by atoms with Crippen molar-refractivity contribution >= 4 is 32.3 Å². The minimum atomic E-state index is -3.55. The molecule has 7 nitrogen and oxygen atoms in total. The first-order valence-corrected chi connectivity index (χ1v) is 10.9. The molecule has 2 aromatic rings. The van der Waals surface area contributed by atoms with Crippen LogP contribution in [-0.4, -0.2) is 54.9 Å². The molecule has 0 unspecified atom stereocenters. The molecule has 0 atom stereocenters. The number of benzene rings is 1. The Morgan fingerprint density at radius 2 is 1.73 bits per heavy atom. The van der Waals surface area contributed by atoms with E-state index in [1.807, 2.05) is 0 Å². The van der Waals surface area contributed by atoms with Crippen molar-refractivity contribution in [3.63, 3.8) is 0 Å². The summed E-state index contributed by atoms with van der Waals surface area (Å²) in [7, 11) is -3.55. The maximum absolute atomic E-state index is 12.8. The number of carbonyl (C=O) groups is 1. The number of aromatic nitrogens is 2. The molecule has 2 heterocycles. The van der Waals surface area contributed by atoms with Crippen LogP contribution in [0.15, 0.2) is 29.2 Å². The summed E-state index contributed by atoms with van der Waals surface area (Å²) in [6.07, 6.45) is 2.39. The van der Waals surface area contributed by atoms with E-state index < -0.39 is 10.0 Å². The molecule has 0 radical (unpaired) electrons. The molecule has 1 aromatic carbocycles. The van der Waals surface area contributed by atoms with Crippen LogP contribution in [0.5, 0.6) is 0 Å². The van der Waals surface area contributed by atoms with Gasteiger partial charge in [0.15, 0.2) is 5.78 Å². The third-order valence-electron chi connectivity index (χ3n) is 4.76. The van der Waals surface area contributed by atoms with E-state index in [4.69, 9.17) is 0 Å². The van der Waals surface area contributed by atoms with Crippen molar-refractivity contribution in [3.8, 4) is 0 Å². The molecule has 1 aromatic heterocycles. The fourth-order valence-corrected chi connectivity index (χ4v) is 5.47. The highest BCUT2D eigenvalue weighted by molar-refractivity contribution is 7.89. The molecule has 2 aliphatic rings. The molecular formula is C17H20N4O3S2. The Balaban J connectivity index is 1.43. The Kier molecular flexibility index (Phi) is 4.54. The Morgan fingerprint density at radius 1 is 1.08 bits per heavy atom. The Bertz CT molecular complexity index is 912. The summed E-state index contributed by atoms with van der Waals surface area (Å²) in [6.45, 7) is 3.49. The third kappa shape index (κ3) is 3.38. The van der Waals surface area contributed by atoms with Gasteiger partial charge >= 0.3 is 0 Å². The highest BCUT2D eigenvalue weighted by Crippen LogP contribution is 2.42. The van der Waals surface area contributed by atoms with E-state index in [1.54, 1.807) is 23.5 Å². The largest absolute Gasteiger partial charge is 0.344 e. The van der Waals surface area contributed by atoms with Crippen molar-refractivity contribution in [3.05, 3.63) is 34.8 Å². The lowest BCUT2D eigenvalue weighted by Crippen LogP contribution is -2.48. The molecule has 0 amide bonds. The van der Waals surface area contributed by atoms with E-state index in [9.17, 15) is 13.2 Å². The fourth-order valence-electron chi connectivity index (χ4n) is 2.98. The molecule has 1 aliphatic carbocycles. The lowest BCUT2D eigenvalue weighted by Gasteiger charge is -2.33. The Hall–Kier alpha value is -1.84. The number of carbonyl (C=O) groups excluding carboxylic acids is 1. The van der Waals surface area contributed by atoms with Crippen LogP contribution in [0.1, 0.15) is 41.0 Å². The molecular weight excluding hydrogens is 372 g/mol. The summed E-state index contributed by atoms with van der Waals surface area (Å²) < 4.78 is 27.1.